The van der Waals surface area contributed by atoms with Crippen LogP contribution in [0, 0.1) is 5.82 Å². The topological polar surface area (TPSA) is 70.7 Å². The van der Waals surface area contributed by atoms with Gasteiger partial charge in [0.1, 0.15) is 11.4 Å². The van der Waals surface area contributed by atoms with Gasteiger partial charge in [-0.15, -0.1) is 0 Å². The molecule has 0 aliphatic rings. The Morgan fingerprint density at radius 3 is 2.50 bits per heavy atom. The highest BCUT2D eigenvalue weighted by Crippen LogP contribution is 2.34. The van der Waals surface area contributed by atoms with Gasteiger partial charge in [-0.3, -0.25) is 0 Å². The number of hydrogen-bond acceptors (Lipinski definition) is 4. The predicted octanol–water partition coefficient (Wildman–Crippen LogP) is 3.01. The Bertz CT molecular complexity index is 867. The van der Waals surface area contributed by atoms with Gasteiger partial charge in [0.05, 0.1) is 0 Å². The maximum atomic E-state index is 13.3. The van der Waals surface area contributed by atoms with Gasteiger partial charge in [-0.25, -0.2) is 9.18 Å². The average Bonchev–Trinajstić information content (AvgIpc) is 2.40. The lowest BCUT2D eigenvalue weighted by molar-refractivity contribution is 0.403. The summed E-state index contributed by atoms with van der Waals surface area (Å²) in [5, 5.41) is 19.4. The van der Waals surface area contributed by atoms with Crippen LogP contribution in [-0.2, 0) is 0 Å². The molecule has 3 aromatic rings. The molecule has 0 bridgehead atoms. The molecular weight excluding hydrogens is 263 g/mol. The monoisotopic (exact) mass is 272 g/mol. The highest BCUT2D eigenvalue weighted by Gasteiger charge is 2.12. The second-order valence-electron chi connectivity index (χ2n) is 4.33. The van der Waals surface area contributed by atoms with Gasteiger partial charge in [0.25, 0.3) is 0 Å². The summed E-state index contributed by atoms with van der Waals surface area (Å²) in [4.78, 5) is 11.6. The molecule has 100 valence electrons. The molecule has 2 N–H and O–H groups in total. The SMILES string of the molecule is O=c1cc(-c2cccc(F)c2)c2cc(O)c(O)cc2o1. The molecule has 1 heterocycles. The normalized spacial score (nSPS) is 10.8. The summed E-state index contributed by atoms with van der Waals surface area (Å²) in [5.41, 5.74) is 0.396. The zero-order valence-electron chi connectivity index (χ0n) is 10.1. The Balaban J connectivity index is 2.40. The van der Waals surface area contributed by atoms with Crippen molar-refractivity contribution in [1.82, 2.24) is 0 Å². The van der Waals surface area contributed by atoms with Gasteiger partial charge < -0.3 is 14.6 Å². The lowest BCUT2D eigenvalue weighted by Gasteiger charge is -2.07. The predicted molar refractivity (Wildman–Crippen MR) is 71.2 cm³/mol. The fourth-order valence-electron chi connectivity index (χ4n) is 2.08. The highest BCUT2D eigenvalue weighted by molar-refractivity contribution is 5.94. The van der Waals surface area contributed by atoms with Gasteiger partial charge >= 0.3 is 5.63 Å². The van der Waals surface area contributed by atoms with E-state index in [9.17, 15) is 19.4 Å². The van der Waals surface area contributed by atoms with Crippen LogP contribution in [-0.4, -0.2) is 10.2 Å². The lowest BCUT2D eigenvalue weighted by atomic mass is 10.0. The number of aromatic hydroxyl groups is 2. The third-order valence-electron chi connectivity index (χ3n) is 2.98. The Hall–Kier alpha value is -2.82. The van der Waals surface area contributed by atoms with E-state index in [1.165, 1.54) is 30.3 Å². The number of fused-ring (bicyclic) bond motifs is 1. The highest BCUT2D eigenvalue weighted by atomic mass is 19.1. The minimum absolute atomic E-state index is 0.118. The van der Waals surface area contributed by atoms with E-state index in [1.807, 2.05) is 0 Å². The van der Waals surface area contributed by atoms with Gasteiger partial charge in [-0.05, 0) is 23.8 Å². The van der Waals surface area contributed by atoms with E-state index in [1.54, 1.807) is 6.07 Å². The lowest BCUT2D eigenvalue weighted by Crippen LogP contribution is -1.98. The van der Waals surface area contributed by atoms with Crippen LogP contribution < -0.4 is 5.63 Å². The smallest absolute Gasteiger partial charge is 0.336 e. The van der Waals surface area contributed by atoms with E-state index in [2.05, 4.69) is 0 Å². The molecule has 0 saturated heterocycles. The fraction of sp³-hybridized carbons (Fsp3) is 0. The summed E-state index contributed by atoms with van der Waals surface area (Å²) in [6.07, 6.45) is 0. The van der Waals surface area contributed by atoms with E-state index in [0.717, 1.165) is 6.07 Å². The molecule has 5 heteroatoms. The van der Waals surface area contributed by atoms with Gasteiger partial charge in [0.2, 0.25) is 0 Å². The van der Waals surface area contributed by atoms with Gasteiger partial charge in [-0.2, -0.15) is 0 Å². The zero-order chi connectivity index (χ0) is 14.3. The summed E-state index contributed by atoms with van der Waals surface area (Å²) in [7, 11) is 0. The first-order valence-electron chi connectivity index (χ1n) is 5.80. The first kappa shape index (κ1) is 12.2. The van der Waals surface area contributed by atoms with Crippen LogP contribution in [0.2, 0.25) is 0 Å². The summed E-state index contributed by atoms with van der Waals surface area (Å²) < 4.78 is 18.3. The molecule has 20 heavy (non-hydrogen) atoms. The van der Waals surface area contributed by atoms with Crippen molar-refractivity contribution in [1.29, 1.82) is 0 Å². The molecule has 0 unspecified atom stereocenters. The molecule has 2 aromatic carbocycles. The van der Waals surface area contributed by atoms with Crippen LogP contribution in [0.4, 0.5) is 4.39 Å². The van der Waals surface area contributed by atoms with E-state index in [4.69, 9.17) is 4.42 Å². The zero-order valence-corrected chi connectivity index (χ0v) is 10.1. The number of phenolic OH excluding ortho intramolecular Hbond substituents is 2. The van der Waals surface area contributed by atoms with Crippen molar-refractivity contribution in [2.45, 2.75) is 0 Å². The minimum atomic E-state index is -0.623. The first-order chi connectivity index (χ1) is 9.54. The summed E-state index contributed by atoms with van der Waals surface area (Å²) in [6, 6.07) is 9.36. The van der Waals surface area contributed by atoms with Gasteiger partial charge in [-0.1, -0.05) is 12.1 Å². The van der Waals surface area contributed by atoms with Gasteiger partial charge in [0, 0.05) is 23.1 Å². The van der Waals surface area contributed by atoms with Crippen molar-refractivity contribution in [3.05, 3.63) is 58.7 Å². The van der Waals surface area contributed by atoms with Crippen molar-refractivity contribution in [2.75, 3.05) is 0 Å². The Labute approximate surface area is 112 Å². The number of rotatable bonds is 1. The molecule has 0 aliphatic heterocycles. The number of phenols is 2. The van der Waals surface area contributed by atoms with Crippen LogP contribution in [0.5, 0.6) is 11.5 Å². The second-order valence-corrected chi connectivity index (χ2v) is 4.33. The fourth-order valence-corrected chi connectivity index (χ4v) is 2.08. The summed E-state index contributed by atoms with van der Waals surface area (Å²) >= 11 is 0. The second kappa shape index (κ2) is 4.38. The maximum absolute atomic E-state index is 13.3. The van der Waals surface area contributed by atoms with E-state index < -0.39 is 17.2 Å². The summed E-state index contributed by atoms with van der Waals surface area (Å²) in [5.74, 6) is -1.17. The van der Waals surface area contributed by atoms with Crippen LogP contribution in [0.3, 0.4) is 0 Å². The average molecular weight is 272 g/mol. The molecule has 0 spiro atoms. The third kappa shape index (κ3) is 1.99. The molecule has 0 fully saturated rings. The molecule has 1 aromatic heterocycles. The van der Waals surface area contributed by atoms with Crippen molar-refractivity contribution in [2.24, 2.45) is 0 Å². The molecule has 4 nitrogen and oxygen atoms in total. The Kier molecular flexibility index (Phi) is 2.68. The molecule has 0 radical (unpaired) electrons. The molecular formula is C15H9FO4. The summed E-state index contributed by atoms with van der Waals surface area (Å²) in [6.45, 7) is 0. The minimum Gasteiger partial charge on any atom is -0.504 e. The van der Waals surface area contributed by atoms with Crippen LogP contribution >= 0.6 is 0 Å². The van der Waals surface area contributed by atoms with Crippen molar-refractivity contribution in [3.8, 4) is 22.6 Å². The van der Waals surface area contributed by atoms with Gasteiger partial charge in [0.15, 0.2) is 11.5 Å². The van der Waals surface area contributed by atoms with E-state index in [0.29, 0.717) is 16.5 Å². The number of hydrogen-bond donors (Lipinski definition) is 2. The molecule has 0 amide bonds. The molecule has 0 saturated carbocycles. The van der Waals surface area contributed by atoms with Crippen LogP contribution in [0.25, 0.3) is 22.1 Å². The van der Waals surface area contributed by atoms with E-state index in [-0.39, 0.29) is 11.3 Å². The largest absolute Gasteiger partial charge is 0.504 e. The first-order valence-corrected chi connectivity index (χ1v) is 5.80. The van der Waals surface area contributed by atoms with Crippen molar-refractivity contribution in [3.63, 3.8) is 0 Å². The number of benzene rings is 2. The maximum Gasteiger partial charge on any atom is 0.336 e. The quantitative estimate of drug-likeness (QED) is 0.527. The Morgan fingerprint density at radius 1 is 1.00 bits per heavy atom. The molecule has 3 rings (SSSR count). The third-order valence-corrected chi connectivity index (χ3v) is 2.98. The molecule has 0 atom stereocenters. The van der Waals surface area contributed by atoms with E-state index >= 15 is 0 Å². The van der Waals surface area contributed by atoms with Crippen LogP contribution in [0.1, 0.15) is 0 Å². The van der Waals surface area contributed by atoms with Crippen molar-refractivity contribution < 1.29 is 19.0 Å². The Morgan fingerprint density at radius 2 is 1.75 bits per heavy atom. The standard InChI is InChI=1S/C15H9FO4/c16-9-3-1-2-8(4-9)10-6-15(19)20-14-7-13(18)12(17)5-11(10)14/h1-7,17-18H. The van der Waals surface area contributed by atoms with Crippen molar-refractivity contribution >= 4 is 11.0 Å². The van der Waals surface area contributed by atoms with Crippen LogP contribution in [0.15, 0.2) is 51.7 Å². The number of halogens is 1. The molecule has 0 aliphatic carbocycles.